The highest BCUT2D eigenvalue weighted by Gasteiger charge is 2.15. The summed E-state index contributed by atoms with van der Waals surface area (Å²) in [6.07, 6.45) is 3.39. The first-order valence-electron chi connectivity index (χ1n) is 4.99. The van der Waals surface area contributed by atoms with E-state index in [-0.39, 0.29) is 0 Å². The average molecular weight is 234 g/mol. The van der Waals surface area contributed by atoms with Gasteiger partial charge in [0.25, 0.3) is 0 Å². The second-order valence-electron chi connectivity index (χ2n) is 3.71. The Morgan fingerprint density at radius 3 is 3.13 bits per heavy atom. The van der Waals surface area contributed by atoms with E-state index >= 15 is 0 Å². The Morgan fingerprint density at radius 1 is 1.40 bits per heavy atom. The zero-order valence-corrected chi connectivity index (χ0v) is 9.75. The first kappa shape index (κ1) is 9.24. The zero-order chi connectivity index (χ0) is 10.3. The average Bonchev–Trinajstić information content (AvgIpc) is 2.88. The molecule has 2 aromatic rings. The third-order valence-electron chi connectivity index (χ3n) is 2.75. The van der Waals surface area contributed by atoms with E-state index in [1.165, 1.54) is 17.7 Å². The number of aromatic nitrogens is 2. The van der Waals surface area contributed by atoms with Crippen LogP contribution < -0.4 is 0 Å². The molecule has 1 aliphatic carbocycles. The van der Waals surface area contributed by atoms with Crippen LogP contribution in [0.4, 0.5) is 0 Å². The molecule has 3 rings (SSSR count). The highest BCUT2D eigenvalue weighted by atomic mass is 32.1. The molecule has 2 nitrogen and oxygen atoms in total. The van der Waals surface area contributed by atoms with Crippen LogP contribution in [0.1, 0.15) is 17.7 Å². The van der Waals surface area contributed by atoms with Crippen molar-refractivity contribution < 1.29 is 0 Å². The molecule has 1 N–H and O–H groups in total. The molecule has 1 aliphatic rings. The van der Waals surface area contributed by atoms with E-state index in [1.54, 1.807) is 11.3 Å². The van der Waals surface area contributed by atoms with Crippen molar-refractivity contribution >= 4 is 23.6 Å². The van der Waals surface area contributed by atoms with Gasteiger partial charge in [-0.25, -0.2) is 4.98 Å². The van der Waals surface area contributed by atoms with E-state index < -0.39 is 0 Å². The van der Waals surface area contributed by atoms with Gasteiger partial charge in [-0.2, -0.15) is 11.3 Å². The predicted octanol–water partition coefficient (Wildman–Crippen LogP) is 3.36. The molecule has 0 saturated heterocycles. The van der Waals surface area contributed by atoms with E-state index in [0.29, 0.717) is 0 Å². The summed E-state index contributed by atoms with van der Waals surface area (Å²) in [5.74, 6) is 0.918. The van der Waals surface area contributed by atoms with Crippen molar-refractivity contribution in [3.05, 3.63) is 32.7 Å². The summed E-state index contributed by atoms with van der Waals surface area (Å²) >= 11 is 6.99. The Kier molecular flexibility index (Phi) is 2.18. The zero-order valence-electron chi connectivity index (χ0n) is 8.12. The van der Waals surface area contributed by atoms with Crippen molar-refractivity contribution in [2.45, 2.75) is 19.3 Å². The normalized spacial score (nSPS) is 14.1. The highest BCUT2D eigenvalue weighted by molar-refractivity contribution is 7.71. The third kappa shape index (κ3) is 1.54. The standard InChI is InChI=1S/C11H10N2S2/c14-11-8-2-1-3-9(8)12-10(13-11)7-4-5-15-6-7/h4-6H,1-3H2,(H,12,13,14). The van der Waals surface area contributed by atoms with Crippen LogP contribution in [0.5, 0.6) is 0 Å². The molecule has 0 atom stereocenters. The maximum Gasteiger partial charge on any atom is 0.139 e. The van der Waals surface area contributed by atoms with Crippen LogP contribution in [0.15, 0.2) is 16.8 Å². The Balaban J connectivity index is 2.20. The Labute approximate surface area is 97.0 Å². The van der Waals surface area contributed by atoms with Gasteiger partial charge in [0.15, 0.2) is 0 Å². The SMILES string of the molecule is S=c1nc(-c2ccsc2)[nH]c2c1CCC2. The molecule has 0 saturated carbocycles. The molecule has 76 valence electrons. The first-order valence-corrected chi connectivity index (χ1v) is 6.34. The minimum atomic E-state index is 0.780. The van der Waals surface area contributed by atoms with Gasteiger partial charge in [0.05, 0.1) is 0 Å². The highest BCUT2D eigenvalue weighted by Crippen LogP contribution is 2.24. The van der Waals surface area contributed by atoms with Gasteiger partial charge in [-0.3, -0.25) is 0 Å². The number of aryl methyl sites for hydroxylation is 1. The molecule has 2 aromatic heterocycles. The Hall–Kier alpha value is -1.00. The second kappa shape index (κ2) is 3.54. The van der Waals surface area contributed by atoms with Crippen molar-refractivity contribution in [3.8, 4) is 11.4 Å². The summed E-state index contributed by atoms with van der Waals surface area (Å²) in [6.45, 7) is 0. The maximum atomic E-state index is 5.31. The lowest BCUT2D eigenvalue weighted by Gasteiger charge is -2.03. The number of H-pyrrole nitrogens is 1. The van der Waals surface area contributed by atoms with Crippen LogP contribution in [0.2, 0.25) is 0 Å². The van der Waals surface area contributed by atoms with Crippen LogP contribution >= 0.6 is 23.6 Å². The smallest absolute Gasteiger partial charge is 0.139 e. The molecule has 2 heterocycles. The molecule has 0 amide bonds. The van der Waals surface area contributed by atoms with Gasteiger partial charge in [0.1, 0.15) is 10.5 Å². The molecule has 0 unspecified atom stereocenters. The van der Waals surface area contributed by atoms with Crippen LogP contribution in [-0.2, 0) is 12.8 Å². The van der Waals surface area contributed by atoms with Gasteiger partial charge >= 0.3 is 0 Å². The third-order valence-corrected chi connectivity index (χ3v) is 3.77. The molecule has 0 spiro atoms. The van der Waals surface area contributed by atoms with Gasteiger partial charge in [0.2, 0.25) is 0 Å². The van der Waals surface area contributed by atoms with Crippen LogP contribution in [0.25, 0.3) is 11.4 Å². The van der Waals surface area contributed by atoms with Gasteiger partial charge in [0, 0.05) is 22.2 Å². The first-order chi connectivity index (χ1) is 7.34. The summed E-state index contributed by atoms with van der Waals surface area (Å²) < 4.78 is 0.780. The second-order valence-corrected chi connectivity index (χ2v) is 4.88. The molecule has 0 aromatic carbocycles. The number of aromatic amines is 1. The number of hydrogen-bond acceptors (Lipinski definition) is 3. The quantitative estimate of drug-likeness (QED) is 0.766. The number of hydrogen-bond donors (Lipinski definition) is 1. The molecular formula is C11H10N2S2. The molecule has 0 aliphatic heterocycles. The van der Waals surface area contributed by atoms with E-state index in [4.69, 9.17) is 12.2 Å². The molecule has 0 bridgehead atoms. The molecule has 15 heavy (non-hydrogen) atoms. The summed E-state index contributed by atoms with van der Waals surface area (Å²) in [5.41, 5.74) is 3.68. The van der Waals surface area contributed by atoms with Crippen molar-refractivity contribution in [1.29, 1.82) is 0 Å². The summed E-state index contributed by atoms with van der Waals surface area (Å²) in [4.78, 5) is 7.85. The van der Waals surface area contributed by atoms with E-state index in [9.17, 15) is 0 Å². The van der Waals surface area contributed by atoms with Crippen LogP contribution in [0, 0.1) is 4.64 Å². The lowest BCUT2D eigenvalue weighted by atomic mass is 10.2. The fourth-order valence-corrected chi connectivity index (χ4v) is 2.95. The van der Waals surface area contributed by atoms with Crippen molar-refractivity contribution in [3.63, 3.8) is 0 Å². The molecular weight excluding hydrogens is 224 g/mol. The number of thiophene rings is 1. The van der Waals surface area contributed by atoms with Crippen LogP contribution in [0.3, 0.4) is 0 Å². The number of nitrogens with zero attached hydrogens (tertiary/aromatic N) is 1. The Bertz CT molecular complexity index is 540. The minimum absolute atomic E-state index is 0.780. The number of rotatable bonds is 1. The van der Waals surface area contributed by atoms with Crippen LogP contribution in [-0.4, -0.2) is 9.97 Å². The molecule has 4 heteroatoms. The van der Waals surface area contributed by atoms with Gasteiger partial charge in [-0.05, 0) is 30.7 Å². The number of nitrogens with one attached hydrogen (secondary N) is 1. The molecule has 0 radical (unpaired) electrons. The van der Waals surface area contributed by atoms with E-state index in [2.05, 4.69) is 26.8 Å². The largest absolute Gasteiger partial charge is 0.343 e. The van der Waals surface area contributed by atoms with Crippen molar-refractivity contribution in [2.75, 3.05) is 0 Å². The monoisotopic (exact) mass is 234 g/mol. The fraction of sp³-hybridized carbons (Fsp3) is 0.273. The predicted molar refractivity (Wildman–Crippen MR) is 64.8 cm³/mol. The van der Waals surface area contributed by atoms with Crippen molar-refractivity contribution in [2.24, 2.45) is 0 Å². The van der Waals surface area contributed by atoms with Crippen molar-refractivity contribution in [1.82, 2.24) is 9.97 Å². The lowest BCUT2D eigenvalue weighted by Crippen LogP contribution is -1.96. The summed E-state index contributed by atoms with van der Waals surface area (Å²) in [7, 11) is 0. The fourth-order valence-electron chi connectivity index (χ4n) is 1.99. The van der Waals surface area contributed by atoms with Gasteiger partial charge in [-0.15, -0.1) is 0 Å². The summed E-state index contributed by atoms with van der Waals surface area (Å²) in [5, 5.41) is 4.15. The van der Waals surface area contributed by atoms with Gasteiger partial charge in [-0.1, -0.05) is 12.2 Å². The maximum absolute atomic E-state index is 5.31. The van der Waals surface area contributed by atoms with E-state index in [0.717, 1.165) is 28.9 Å². The van der Waals surface area contributed by atoms with Gasteiger partial charge < -0.3 is 4.98 Å². The summed E-state index contributed by atoms with van der Waals surface area (Å²) in [6, 6.07) is 2.07. The number of fused-ring (bicyclic) bond motifs is 1. The topological polar surface area (TPSA) is 28.7 Å². The minimum Gasteiger partial charge on any atom is -0.343 e. The van der Waals surface area contributed by atoms with E-state index in [1.807, 2.05) is 0 Å². The molecule has 0 fully saturated rings. The lowest BCUT2D eigenvalue weighted by molar-refractivity contribution is 0.899. The Morgan fingerprint density at radius 2 is 2.33 bits per heavy atom.